The Kier molecular flexibility index (Phi) is 9.22. The van der Waals surface area contributed by atoms with E-state index in [9.17, 15) is 9.59 Å². The van der Waals surface area contributed by atoms with E-state index in [4.69, 9.17) is 9.47 Å². The Bertz CT molecular complexity index is 255. The van der Waals surface area contributed by atoms with E-state index in [1.54, 1.807) is 12.0 Å². The van der Waals surface area contributed by atoms with Crippen molar-refractivity contribution < 1.29 is 23.8 Å². The standard InChI is InChI=1S/C12H23NO5/c1-10(2)18-9-11(14)13(7-8-16-3)6-5-12(15)17-4/h10H,5-9H2,1-4H3. The molecule has 0 unspecified atom stereocenters. The summed E-state index contributed by atoms with van der Waals surface area (Å²) in [4.78, 5) is 24.4. The van der Waals surface area contributed by atoms with E-state index in [0.717, 1.165) is 0 Å². The lowest BCUT2D eigenvalue weighted by Gasteiger charge is -2.22. The molecule has 0 saturated carbocycles. The van der Waals surface area contributed by atoms with Gasteiger partial charge in [-0.25, -0.2) is 0 Å². The largest absolute Gasteiger partial charge is 0.469 e. The van der Waals surface area contributed by atoms with Crippen LogP contribution < -0.4 is 0 Å². The third kappa shape index (κ3) is 8.03. The van der Waals surface area contributed by atoms with Gasteiger partial charge in [0.1, 0.15) is 6.61 Å². The lowest BCUT2D eigenvalue weighted by Crippen LogP contribution is -2.38. The zero-order valence-corrected chi connectivity index (χ0v) is 11.6. The van der Waals surface area contributed by atoms with Crippen LogP contribution in [0.5, 0.6) is 0 Å². The summed E-state index contributed by atoms with van der Waals surface area (Å²) in [7, 11) is 2.89. The number of hydrogen-bond acceptors (Lipinski definition) is 5. The zero-order chi connectivity index (χ0) is 14.0. The van der Waals surface area contributed by atoms with Crippen LogP contribution >= 0.6 is 0 Å². The van der Waals surface area contributed by atoms with Crippen LogP contribution in [0, 0.1) is 0 Å². The van der Waals surface area contributed by atoms with Gasteiger partial charge in [0.2, 0.25) is 5.91 Å². The Labute approximate surface area is 108 Å². The summed E-state index contributed by atoms with van der Waals surface area (Å²) in [5.74, 6) is -0.486. The molecular formula is C12H23NO5. The number of hydrogen-bond donors (Lipinski definition) is 0. The van der Waals surface area contributed by atoms with Gasteiger partial charge in [0.15, 0.2) is 0 Å². The van der Waals surface area contributed by atoms with Crippen LogP contribution in [0.3, 0.4) is 0 Å². The van der Waals surface area contributed by atoms with Crippen molar-refractivity contribution in [2.24, 2.45) is 0 Å². The van der Waals surface area contributed by atoms with Crippen molar-refractivity contribution in [3.63, 3.8) is 0 Å². The third-order valence-corrected chi connectivity index (χ3v) is 2.27. The van der Waals surface area contributed by atoms with Crippen LogP contribution in [-0.4, -0.2) is 63.4 Å². The highest BCUT2D eigenvalue weighted by Gasteiger charge is 2.15. The van der Waals surface area contributed by atoms with Gasteiger partial charge < -0.3 is 19.1 Å². The molecule has 1 amide bonds. The highest BCUT2D eigenvalue weighted by Crippen LogP contribution is 1.98. The molecule has 0 radical (unpaired) electrons. The minimum atomic E-state index is -0.338. The minimum absolute atomic E-state index is 0.00108. The maximum absolute atomic E-state index is 11.8. The predicted molar refractivity (Wildman–Crippen MR) is 66.2 cm³/mol. The van der Waals surface area contributed by atoms with Crippen molar-refractivity contribution in [1.29, 1.82) is 0 Å². The molecule has 0 heterocycles. The van der Waals surface area contributed by atoms with Crippen molar-refractivity contribution in [1.82, 2.24) is 4.90 Å². The summed E-state index contributed by atoms with van der Waals surface area (Å²) >= 11 is 0. The normalized spacial score (nSPS) is 10.5. The van der Waals surface area contributed by atoms with E-state index in [-0.39, 0.29) is 31.0 Å². The van der Waals surface area contributed by atoms with E-state index < -0.39 is 0 Å². The number of carbonyl (C=O) groups excluding carboxylic acids is 2. The van der Waals surface area contributed by atoms with Gasteiger partial charge in [-0.1, -0.05) is 0 Å². The van der Waals surface area contributed by atoms with Gasteiger partial charge in [-0.15, -0.1) is 0 Å². The van der Waals surface area contributed by atoms with Gasteiger partial charge in [-0.3, -0.25) is 9.59 Å². The molecule has 0 fully saturated rings. The van der Waals surface area contributed by atoms with E-state index in [1.165, 1.54) is 7.11 Å². The summed E-state index contributed by atoms with van der Waals surface area (Å²) < 4.78 is 14.7. The molecule has 0 spiro atoms. The van der Waals surface area contributed by atoms with E-state index >= 15 is 0 Å². The third-order valence-electron chi connectivity index (χ3n) is 2.27. The molecule has 6 nitrogen and oxygen atoms in total. The van der Waals surface area contributed by atoms with Crippen LogP contribution in [0.15, 0.2) is 0 Å². The van der Waals surface area contributed by atoms with Gasteiger partial charge in [0.05, 0.1) is 26.2 Å². The highest BCUT2D eigenvalue weighted by molar-refractivity contribution is 5.78. The van der Waals surface area contributed by atoms with Crippen LogP contribution in [-0.2, 0) is 23.8 Å². The summed E-state index contributed by atoms with van der Waals surface area (Å²) in [5.41, 5.74) is 0. The SMILES string of the molecule is COCCN(CCC(=O)OC)C(=O)COC(C)C. The van der Waals surface area contributed by atoms with Gasteiger partial charge in [-0.2, -0.15) is 0 Å². The summed E-state index contributed by atoms with van der Waals surface area (Å²) in [6.07, 6.45) is 0.173. The second kappa shape index (κ2) is 9.85. The quantitative estimate of drug-likeness (QED) is 0.564. The monoisotopic (exact) mass is 261 g/mol. The molecule has 0 aliphatic carbocycles. The number of rotatable bonds is 9. The number of esters is 1. The molecule has 0 atom stereocenters. The van der Waals surface area contributed by atoms with Crippen LogP contribution in [0.1, 0.15) is 20.3 Å². The average Bonchev–Trinajstić information content (AvgIpc) is 2.35. The van der Waals surface area contributed by atoms with Crippen molar-refractivity contribution in [3.8, 4) is 0 Å². The first-order valence-electron chi connectivity index (χ1n) is 5.96. The number of ether oxygens (including phenoxy) is 3. The molecule has 0 N–H and O–H groups in total. The van der Waals surface area contributed by atoms with Gasteiger partial charge in [0, 0.05) is 20.2 Å². The van der Waals surface area contributed by atoms with Gasteiger partial charge in [-0.05, 0) is 13.8 Å². The fourth-order valence-corrected chi connectivity index (χ4v) is 1.22. The molecule has 18 heavy (non-hydrogen) atoms. The molecule has 0 saturated heterocycles. The molecule has 106 valence electrons. The lowest BCUT2D eigenvalue weighted by molar-refractivity contribution is -0.143. The summed E-state index contributed by atoms with van der Waals surface area (Å²) in [6, 6.07) is 0. The van der Waals surface area contributed by atoms with Gasteiger partial charge >= 0.3 is 5.97 Å². The Balaban J connectivity index is 4.18. The first-order valence-corrected chi connectivity index (χ1v) is 5.96. The van der Waals surface area contributed by atoms with Crippen LogP contribution in [0.4, 0.5) is 0 Å². The Morgan fingerprint density at radius 2 is 1.83 bits per heavy atom. The number of carbonyl (C=O) groups is 2. The van der Waals surface area contributed by atoms with Crippen LogP contribution in [0.25, 0.3) is 0 Å². The van der Waals surface area contributed by atoms with E-state index in [0.29, 0.717) is 19.7 Å². The van der Waals surface area contributed by atoms with E-state index in [1.807, 2.05) is 13.8 Å². The van der Waals surface area contributed by atoms with Crippen molar-refractivity contribution >= 4 is 11.9 Å². The zero-order valence-electron chi connectivity index (χ0n) is 11.6. The first kappa shape index (κ1) is 16.9. The van der Waals surface area contributed by atoms with Gasteiger partial charge in [0.25, 0.3) is 0 Å². The minimum Gasteiger partial charge on any atom is -0.469 e. The Hall–Kier alpha value is -1.14. The van der Waals surface area contributed by atoms with Crippen LogP contribution in [0.2, 0.25) is 0 Å². The van der Waals surface area contributed by atoms with Crippen molar-refractivity contribution in [2.45, 2.75) is 26.4 Å². The molecule has 0 aromatic carbocycles. The maximum atomic E-state index is 11.8. The fraction of sp³-hybridized carbons (Fsp3) is 0.833. The average molecular weight is 261 g/mol. The van der Waals surface area contributed by atoms with Crippen molar-refractivity contribution in [2.75, 3.05) is 40.5 Å². The van der Waals surface area contributed by atoms with E-state index in [2.05, 4.69) is 4.74 Å². The number of nitrogens with zero attached hydrogens (tertiary/aromatic N) is 1. The topological polar surface area (TPSA) is 65.1 Å². The second-order valence-electron chi connectivity index (χ2n) is 4.06. The molecule has 0 aliphatic heterocycles. The molecule has 0 aromatic rings. The number of methoxy groups -OCH3 is 2. The molecule has 0 aromatic heterocycles. The predicted octanol–water partition coefficient (Wildman–Crippen LogP) is 0.450. The molecular weight excluding hydrogens is 238 g/mol. The highest BCUT2D eigenvalue weighted by atomic mass is 16.5. The Morgan fingerprint density at radius 1 is 1.17 bits per heavy atom. The summed E-state index contributed by atoms with van der Waals surface area (Å²) in [5, 5.41) is 0. The smallest absolute Gasteiger partial charge is 0.307 e. The maximum Gasteiger partial charge on any atom is 0.307 e. The molecule has 0 rings (SSSR count). The molecule has 0 bridgehead atoms. The fourth-order valence-electron chi connectivity index (χ4n) is 1.22. The number of amides is 1. The van der Waals surface area contributed by atoms with Crippen molar-refractivity contribution in [3.05, 3.63) is 0 Å². The lowest BCUT2D eigenvalue weighted by atomic mass is 10.3. The Morgan fingerprint density at radius 3 is 2.33 bits per heavy atom. The molecule has 6 heteroatoms. The molecule has 0 aliphatic rings. The summed E-state index contributed by atoms with van der Waals surface area (Å²) in [6.45, 7) is 4.92. The first-order chi connectivity index (χ1) is 8.51. The second-order valence-corrected chi connectivity index (χ2v) is 4.06.